The smallest absolute Gasteiger partial charge is 0.432 e. The molecular formula is C18H27N5O6. The maximum absolute atomic E-state index is 11.6. The van der Waals surface area contributed by atoms with Crippen LogP contribution in [0.3, 0.4) is 0 Å². The summed E-state index contributed by atoms with van der Waals surface area (Å²) in [5, 5.41) is 30.7. The van der Waals surface area contributed by atoms with E-state index in [9.17, 15) is 20.3 Å². The second kappa shape index (κ2) is 9.13. The van der Waals surface area contributed by atoms with E-state index in [0.29, 0.717) is 12.2 Å². The molecule has 1 aromatic rings. The minimum absolute atomic E-state index is 0.0726. The predicted molar refractivity (Wildman–Crippen MR) is 102 cm³/mol. The van der Waals surface area contributed by atoms with Gasteiger partial charge < -0.3 is 36.0 Å². The topological polar surface area (TPSA) is 178 Å². The van der Waals surface area contributed by atoms with Crippen molar-refractivity contribution in [1.29, 1.82) is 5.26 Å². The minimum atomic E-state index is -1.99. The van der Waals surface area contributed by atoms with E-state index in [0.717, 1.165) is 11.1 Å². The quantitative estimate of drug-likeness (QED) is 0.204. The van der Waals surface area contributed by atoms with Crippen LogP contribution in [0, 0.1) is 11.3 Å². The van der Waals surface area contributed by atoms with Gasteiger partial charge in [0.05, 0.1) is 11.8 Å². The van der Waals surface area contributed by atoms with Gasteiger partial charge in [-0.05, 0) is 32.4 Å². The van der Waals surface area contributed by atoms with Gasteiger partial charge >= 0.3 is 6.16 Å². The molecule has 4 atom stereocenters. The highest BCUT2D eigenvalue weighted by atomic mass is 16.7. The van der Waals surface area contributed by atoms with E-state index in [1.54, 1.807) is 13.8 Å². The Bertz CT molecular complexity index is 801. The first-order valence-corrected chi connectivity index (χ1v) is 9.24. The normalized spacial score (nSPS) is 27.1. The molecule has 1 saturated heterocycles. The van der Waals surface area contributed by atoms with E-state index in [1.165, 1.54) is 12.1 Å². The van der Waals surface area contributed by atoms with E-state index >= 15 is 0 Å². The maximum atomic E-state index is 11.6. The van der Waals surface area contributed by atoms with Crippen molar-refractivity contribution in [2.75, 3.05) is 19.0 Å². The van der Waals surface area contributed by atoms with Gasteiger partial charge in [0.1, 0.15) is 42.5 Å². The molecule has 11 nitrogen and oxygen atoms in total. The first-order chi connectivity index (χ1) is 13.7. The van der Waals surface area contributed by atoms with Crippen LogP contribution >= 0.6 is 0 Å². The van der Waals surface area contributed by atoms with Crippen molar-refractivity contribution < 1.29 is 29.2 Å². The first kappa shape index (κ1) is 22.5. The third-order valence-corrected chi connectivity index (χ3v) is 4.39. The fraction of sp³-hybridized carbons (Fsp3) is 0.611. The highest BCUT2D eigenvalue weighted by Gasteiger charge is 2.58. The monoisotopic (exact) mass is 409 g/mol. The summed E-state index contributed by atoms with van der Waals surface area (Å²) in [6, 6.07) is 4.87. The molecule has 0 unspecified atom stereocenters. The van der Waals surface area contributed by atoms with Crippen molar-refractivity contribution in [2.45, 2.75) is 57.2 Å². The number of ether oxygens (including phenoxy) is 3. The van der Waals surface area contributed by atoms with Crippen LogP contribution in [0.5, 0.6) is 0 Å². The molecule has 160 valence electrons. The fourth-order valence-corrected chi connectivity index (χ4v) is 2.97. The summed E-state index contributed by atoms with van der Waals surface area (Å²) in [5.41, 5.74) is 4.34. The van der Waals surface area contributed by atoms with Crippen LogP contribution in [0.2, 0.25) is 0 Å². The number of aliphatic hydroxyl groups excluding tert-OH is 2. The number of rotatable bonds is 7. The summed E-state index contributed by atoms with van der Waals surface area (Å²) >= 11 is 0. The van der Waals surface area contributed by atoms with Crippen LogP contribution in [-0.4, -0.2) is 64.4 Å². The van der Waals surface area contributed by atoms with Crippen molar-refractivity contribution in [3.8, 4) is 6.07 Å². The number of hydrogen-bond donors (Lipinski definition) is 4. The number of aliphatic imine (C=N–C) groups is 1. The van der Waals surface area contributed by atoms with Crippen molar-refractivity contribution >= 4 is 12.0 Å². The lowest BCUT2D eigenvalue weighted by Crippen LogP contribution is -2.42. The van der Waals surface area contributed by atoms with Crippen LogP contribution in [0.1, 0.15) is 38.6 Å². The molecule has 0 amide bonds. The summed E-state index contributed by atoms with van der Waals surface area (Å²) < 4.78 is 16.5. The zero-order valence-electron chi connectivity index (χ0n) is 16.6. The summed E-state index contributed by atoms with van der Waals surface area (Å²) in [5.74, 6) is 6.24. The molecule has 2 rings (SSSR count). The third-order valence-electron chi connectivity index (χ3n) is 4.39. The van der Waals surface area contributed by atoms with E-state index < -0.39 is 36.7 Å². The number of nitrogen functional groups attached to an aromatic ring is 1. The molecule has 0 radical (unpaired) electrons. The number of nitrogens with zero attached hydrogens (tertiary/aromatic N) is 3. The molecule has 1 aliphatic heterocycles. The molecule has 0 spiro atoms. The van der Waals surface area contributed by atoms with Gasteiger partial charge in [-0.15, -0.1) is 0 Å². The zero-order valence-corrected chi connectivity index (χ0v) is 16.6. The van der Waals surface area contributed by atoms with Crippen LogP contribution in [-0.2, 0) is 19.8 Å². The Morgan fingerprint density at radius 2 is 2.17 bits per heavy atom. The van der Waals surface area contributed by atoms with Gasteiger partial charge in [0.25, 0.3) is 0 Å². The van der Waals surface area contributed by atoms with Crippen LogP contribution in [0.15, 0.2) is 17.1 Å². The zero-order chi connectivity index (χ0) is 21.8. The van der Waals surface area contributed by atoms with Gasteiger partial charge in [-0.1, -0.05) is 6.92 Å². The molecule has 6 N–H and O–H groups in total. The van der Waals surface area contributed by atoms with Crippen LogP contribution in [0.4, 0.5) is 4.79 Å². The number of amidine groups is 1. The van der Waals surface area contributed by atoms with E-state index in [-0.39, 0.29) is 17.6 Å². The summed E-state index contributed by atoms with van der Waals surface area (Å²) in [7, 11) is 0. The molecule has 0 aliphatic carbocycles. The Hall–Kier alpha value is -2.81. The molecule has 1 aromatic heterocycles. The molecule has 11 heteroatoms. The number of aliphatic hydroxyl groups is 2. The lowest BCUT2D eigenvalue weighted by atomic mass is 9.92. The predicted octanol–water partition coefficient (Wildman–Crippen LogP) is -0.282. The SMILES string of the molecule is CCCN=C(N)c1ccc([C@]2(C#N)O[C@H](COC(=O)OC(C)C)[C@@H](O)[C@H]2O)n1N. The fourth-order valence-electron chi connectivity index (χ4n) is 2.97. The largest absolute Gasteiger partial charge is 0.508 e. The lowest BCUT2D eigenvalue weighted by molar-refractivity contribution is -0.0739. The molecule has 2 heterocycles. The third kappa shape index (κ3) is 4.45. The van der Waals surface area contributed by atoms with E-state index in [4.69, 9.17) is 25.8 Å². The van der Waals surface area contributed by atoms with Crippen LogP contribution in [0.25, 0.3) is 0 Å². The standard InChI is InChI=1S/C18H27N5O6/c1-4-7-22-16(20)11-5-6-13(23(11)21)18(9-19)15(25)14(24)12(29-18)8-27-17(26)28-10(2)3/h5-6,10,12,14-15,24-25H,4,7-8,21H2,1-3H3,(H2,20,22)/t12-,14-,15-,18+/m1/s1. The molecule has 1 aliphatic rings. The number of aromatic nitrogens is 1. The summed E-state index contributed by atoms with van der Waals surface area (Å²) in [6.45, 7) is 5.31. The van der Waals surface area contributed by atoms with Gasteiger partial charge in [0.2, 0.25) is 5.60 Å². The molecule has 0 bridgehead atoms. The molecule has 1 fully saturated rings. The molecule has 0 saturated carbocycles. The van der Waals surface area contributed by atoms with Gasteiger partial charge in [-0.2, -0.15) is 5.26 Å². The molecule has 0 aromatic carbocycles. The van der Waals surface area contributed by atoms with E-state index in [2.05, 4.69) is 4.99 Å². The van der Waals surface area contributed by atoms with Crippen molar-refractivity contribution in [2.24, 2.45) is 10.7 Å². The number of carbonyl (C=O) groups is 1. The number of nitriles is 1. The van der Waals surface area contributed by atoms with E-state index in [1.807, 2.05) is 13.0 Å². The number of hydrogen-bond acceptors (Lipinski definition) is 9. The van der Waals surface area contributed by atoms with Gasteiger partial charge in [-0.25, -0.2) is 4.79 Å². The molecular weight excluding hydrogens is 382 g/mol. The Morgan fingerprint density at radius 1 is 1.48 bits per heavy atom. The Labute approximate surface area is 168 Å². The Morgan fingerprint density at radius 3 is 2.76 bits per heavy atom. The molecule has 29 heavy (non-hydrogen) atoms. The number of nitrogens with two attached hydrogens (primary N) is 2. The highest BCUT2D eigenvalue weighted by Crippen LogP contribution is 2.40. The lowest BCUT2D eigenvalue weighted by Gasteiger charge is -2.25. The maximum Gasteiger partial charge on any atom is 0.508 e. The van der Waals surface area contributed by atoms with Gasteiger partial charge in [0, 0.05) is 6.54 Å². The average molecular weight is 409 g/mol. The Kier molecular flexibility index (Phi) is 7.07. The first-order valence-electron chi connectivity index (χ1n) is 9.24. The second-order valence-corrected chi connectivity index (χ2v) is 6.91. The van der Waals surface area contributed by atoms with Crippen molar-refractivity contribution in [3.05, 3.63) is 23.5 Å². The van der Waals surface area contributed by atoms with Crippen molar-refractivity contribution in [1.82, 2.24) is 4.68 Å². The highest BCUT2D eigenvalue weighted by molar-refractivity contribution is 5.96. The second-order valence-electron chi connectivity index (χ2n) is 6.91. The number of carbonyl (C=O) groups excluding carboxylic acids is 1. The average Bonchev–Trinajstić information content (AvgIpc) is 3.17. The van der Waals surface area contributed by atoms with Gasteiger partial charge in [0.15, 0.2) is 0 Å². The summed E-state index contributed by atoms with van der Waals surface area (Å²) in [4.78, 5) is 15.7. The summed E-state index contributed by atoms with van der Waals surface area (Å²) in [6.07, 6.45) is -4.89. The van der Waals surface area contributed by atoms with Gasteiger partial charge in [-0.3, -0.25) is 9.67 Å². The Balaban J connectivity index is 2.26. The minimum Gasteiger partial charge on any atom is -0.432 e. The van der Waals surface area contributed by atoms with Crippen molar-refractivity contribution in [3.63, 3.8) is 0 Å². The van der Waals surface area contributed by atoms with Crippen LogP contribution < -0.4 is 11.6 Å².